The van der Waals surface area contributed by atoms with Gasteiger partial charge >= 0.3 is 0 Å². The quantitative estimate of drug-likeness (QED) is 0.616. The van der Waals surface area contributed by atoms with Crippen LogP contribution in [0.25, 0.3) is 0 Å². The van der Waals surface area contributed by atoms with E-state index in [0.29, 0.717) is 6.10 Å². The summed E-state index contributed by atoms with van der Waals surface area (Å²) in [4.78, 5) is 4.29. The van der Waals surface area contributed by atoms with Crippen molar-refractivity contribution in [2.24, 2.45) is 0 Å². The van der Waals surface area contributed by atoms with E-state index in [1.165, 1.54) is 0 Å². The van der Waals surface area contributed by atoms with E-state index in [2.05, 4.69) is 40.1 Å². The number of unbranched alkanes of at least 4 members (excludes halogenated alkanes) is 1. The first-order valence-electron chi connectivity index (χ1n) is 5.66. The summed E-state index contributed by atoms with van der Waals surface area (Å²) in [6.07, 6.45) is 2.51. The van der Waals surface area contributed by atoms with Crippen LogP contribution in [0.3, 0.4) is 0 Å². The molecule has 0 aliphatic heterocycles. The minimum absolute atomic E-state index is 0.333. The third kappa shape index (κ3) is 6.08. The van der Waals surface area contributed by atoms with E-state index >= 15 is 0 Å². The average Bonchev–Trinajstić information content (AvgIpc) is 2.23. The summed E-state index contributed by atoms with van der Waals surface area (Å²) >= 11 is 3.34. The SMILES string of the molecule is CC(C)OCCCCNc1cccc(Br)n1. The van der Waals surface area contributed by atoms with E-state index in [-0.39, 0.29) is 0 Å². The van der Waals surface area contributed by atoms with E-state index in [4.69, 9.17) is 4.74 Å². The van der Waals surface area contributed by atoms with Gasteiger partial charge in [-0.25, -0.2) is 4.98 Å². The lowest BCUT2D eigenvalue weighted by Gasteiger charge is -2.08. The number of nitrogens with zero attached hydrogens (tertiary/aromatic N) is 1. The van der Waals surface area contributed by atoms with Gasteiger partial charge in [0.25, 0.3) is 0 Å². The number of pyridine rings is 1. The molecule has 0 bridgehead atoms. The molecule has 0 saturated carbocycles. The summed E-state index contributed by atoms with van der Waals surface area (Å²) in [5.41, 5.74) is 0. The molecule has 3 nitrogen and oxygen atoms in total. The molecule has 0 atom stereocenters. The largest absolute Gasteiger partial charge is 0.379 e. The van der Waals surface area contributed by atoms with Crippen molar-refractivity contribution in [3.8, 4) is 0 Å². The van der Waals surface area contributed by atoms with Gasteiger partial charge in [-0.2, -0.15) is 0 Å². The Morgan fingerprint density at radius 3 is 2.88 bits per heavy atom. The summed E-state index contributed by atoms with van der Waals surface area (Å²) in [5, 5.41) is 3.28. The Morgan fingerprint density at radius 1 is 1.38 bits per heavy atom. The summed E-state index contributed by atoms with van der Waals surface area (Å²) in [5.74, 6) is 0.916. The van der Waals surface area contributed by atoms with E-state index in [9.17, 15) is 0 Å². The number of nitrogens with one attached hydrogen (secondary N) is 1. The number of hydrogen-bond acceptors (Lipinski definition) is 3. The number of hydrogen-bond donors (Lipinski definition) is 1. The zero-order valence-corrected chi connectivity index (χ0v) is 11.5. The Labute approximate surface area is 106 Å². The molecule has 1 aromatic rings. The second kappa shape index (κ2) is 7.63. The number of anilines is 1. The maximum Gasteiger partial charge on any atom is 0.127 e. The molecule has 90 valence electrons. The standard InChI is InChI=1S/C12H19BrN2O/c1-10(2)16-9-4-3-8-14-12-7-5-6-11(13)15-12/h5-7,10H,3-4,8-9H2,1-2H3,(H,14,15). The molecule has 0 amide bonds. The normalized spacial score (nSPS) is 10.8. The van der Waals surface area contributed by atoms with Crippen LogP contribution in [0.15, 0.2) is 22.8 Å². The van der Waals surface area contributed by atoms with Crippen LogP contribution in [-0.2, 0) is 4.74 Å². The van der Waals surface area contributed by atoms with Gasteiger partial charge in [-0.15, -0.1) is 0 Å². The molecule has 0 unspecified atom stereocenters. The highest BCUT2D eigenvalue weighted by molar-refractivity contribution is 9.10. The van der Waals surface area contributed by atoms with Crippen LogP contribution in [0.1, 0.15) is 26.7 Å². The lowest BCUT2D eigenvalue weighted by molar-refractivity contribution is 0.0765. The second-order valence-electron chi connectivity index (χ2n) is 3.90. The summed E-state index contributed by atoms with van der Waals surface area (Å²) in [6, 6.07) is 5.86. The zero-order chi connectivity index (χ0) is 11.8. The average molecular weight is 287 g/mol. The molecule has 0 aromatic carbocycles. The molecule has 0 saturated heterocycles. The van der Waals surface area contributed by atoms with Crippen molar-refractivity contribution in [3.63, 3.8) is 0 Å². The Balaban J connectivity index is 2.07. The highest BCUT2D eigenvalue weighted by Gasteiger charge is 1.95. The maximum absolute atomic E-state index is 5.46. The molecule has 0 spiro atoms. The van der Waals surface area contributed by atoms with Crippen molar-refractivity contribution in [2.45, 2.75) is 32.8 Å². The fourth-order valence-electron chi connectivity index (χ4n) is 1.27. The predicted molar refractivity (Wildman–Crippen MR) is 70.7 cm³/mol. The molecule has 0 aliphatic rings. The molecule has 1 rings (SSSR count). The number of ether oxygens (including phenoxy) is 1. The lowest BCUT2D eigenvalue weighted by atomic mass is 10.3. The summed E-state index contributed by atoms with van der Waals surface area (Å²) in [6.45, 7) is 5.89. The first-order chi connectivity index (χ1) is 7.68. The van der Waals surface area contributed by atoms with Gasteiger partial charge in [-0.05, 0) is 54.8 Å². The fraction of sp³-hybridized carbons (Fsp3) is 0.583. The van der Waals surface area contributed by atoms with Crippen molar-refractivity contribution in [3.05, 3.63) is 22.8 Å². The minimum atomic E-state index is 0.333. The molecule has 1 N–H and O–H groups in total. The lowest BCUT2D eigenvalue weighted by Crippen LogP contribution is -2.07. The highest BCUT2D eigenvalue weighted by Crippen LogP contribution is 2.09. The molecule has 0 radical (unpaired) electrons. The van der Waals surface area contributed by atoms with Crippen LogP contribution >= 0.6 is 15.9 Å². The van der Waals surface area contributed by atoms with Crippen molar-refractivity contribution in [1.82, 2.24) is 4.98 Å². The highest BCUT2D eigenvalue weighted by atomic mass is 79.9. The van der Waals surface area contributed by atoms with Gasteiger partial charge in [0.2, 0.25) is 0 Å². The predicted octanol–water partition coefficient (Wildman–Crippen LogP) is 3.46. The second-order valence-corrected chi connectivity index (χ2v) is 4.71. The molecule has 4 heteroatoms. The Morgan fingerprint density at radius 2 is 2.19 bits per heavy atom. The van der Waals surface area contributed by atoms with Gasteiger partial charge in [0.05, 0.1) is 6.10 Å². The van der Waals surface area contributed by atoms with Gasteiger partial charge in [0.1, 0.15) is 10.4 Å². The van der Waals surface area contributed by atoms with E-state index in [0.717, 1.165) is 36.4 Å². The Kier molecular flexibility index (Phi) is 6.42. The van der Waals surface area contributed by atoms with E-state index in [1.807, 2.05) is 18.2 Å². The van der Waals surface area contributed by atoms with Gasteiger partial charge in [-0.3, -0.25) is 0 Å². The van der Waals surface area contributed by atoms with Crippen molar-refractivity contribution in [1.29, 1.82) is 0 Å². The van der Waals surface area contributed by atoms with E-state index in [1.54, 1.807) is 0 Å². The van der Waals surface area contributed by atoms with Crippen LogP contribution < -0.4 is 5.32 Å². The Bertz CT molecular complexity index is 305. The summed E-state index contributed by atoms with van der Waals surface area (Å²) in [7, 11) is 0. The van der Waals surface area contributed by atoms with Crippen LogP contribution in [0, 0.1) is 0 Å². The molecule has 0 fully saturated rings. The first kappa shape index (κ1) is 13.5. The van der Waals surface area contributed by atoms with Crippen LogP contribution in [0.4, 0.5) is 5.82 Å². The monoisotopic (exact) mass is 286 g/mol. The molecule has 1 heterocycles. The zero-order valence-electron chi connectivity index (χ0n) is 9.87. The Hall–Kier alpha value is -0.610. The molecular weight excluding hydrogens is 268 g/mol. The van der Waals surface area contributed by atoms with Gasteiger partial charge < -0.3 is 10.1 Å². The van der Waals surface area contributed by atoms with Crippen LogP contribution in [0.2, 0.25) is 0 Å². The van der Waals surface area contributed by atoms with Crippen molar-refractivity contribution in [2.75, 3.05) is 18.5 Å². The van der Waals surface area contributed by atoms with E-state index < -0.39 is 0 Å². The molecule has 0 aliphatic carbocycles. The molecule has 16 heavy (non-hydrogen) atoms. The van der Waals surface area contributed by atoms with Crippen LogP contribution in [-0.4, -0.2) is 24.2 Å². The fourth-order valence-corrected chi connectivity index (χ4v) is 1.61. The third-order valence-corrected chi connectivity index (χ3v) is 2.49. The van der Waals surface area contributed by atoms with Gasteiger partial charge in [0, 0.05) is 13.2 Å². The number of rotatable bonds is 7. The van der Waals surface area contributed by atoms with Gasteiger partial charge in [-0.1, -0.05) is 6.07 Å². The maximum atomic E-state index is 5.46. The van der Waals surface area contributed by atoms with Crippen molar-refractivity contribution < 1.29 is 4.74 Å². The minimum Gasteiger partial charge on any atom is -0.379 e. The molecule has 1 aromatic heterocycles. The van der Waals surface area contributed by atoms with Crippen molar-refractivity contribution >= 4 is 21.7 Å². The smallest absolute Gasteiger partial charge is 0.127 e. The number of aromatic nitrogens is 1. The van der Waals surface area contributed by atoms with Crippen LogP contribution in [0.5, 0.6) is 0 Å². The third-order valence-electron chi connectivity index (χ3n) is 2.04. The molecular formula is C12H19BrN2O. The summed E-state index contributed by atoms with van der Waals surface area (Å²) < 4.78 is 6.32. The van der Waals surface area contributed by atoms with Gasteiger partial charge in [0.15, 0.2) is 0 Å². The topological polar surface area (TPSA) is 34.1 Å². The first-order valence-corrected chi connectivity index (χ1v) is 6.46. The number of halogens is 1.